The van der Waals surface area contributed by atoms with Crippen molar-refractivity contribution in [3.05, 3.63) is 114 Å². The maximum Gasteiger partial charge on any atom is 0.291 e. The molecule has 1 N–H and O–H groups in total. The number of Topliss-reactive ketones (excluding diaryl/α,β-unsaturated/α-hetero) is 1. The fraction of sp³-hybridized carbons (Fsp3) is 0.0769. The topological polar surface area (TPSA) is 68.5 Å². The molecule has 1 amide bonds. The number of rotatable bonds is 7. The minimum atomic E-state index is -0.336. The molecule has 31 heavy (non-hydrogen) atoms. The minimum absolute atomic E-state index is 0.00360. The van der Waals surface area contributed by atoms with Crippen LogP contribution in [0, 0.1) is 6.92 Å². The van der Waals surface area contributed by atoms with Crippen LogP contribution in [0.3, 0.4) is 0 Å². The summed E-state index contributed by atoms with van der Waals surface area (Å²) in [5, 5.41) is 2.73. The van der Waals surface area contributed by atoms with E-state index >= 15 is 0 Å². The molecule has 4 rings (SSSR count). The van der Waals surface area contributed by atoms with Crippen molar-refractivity contribution in [3.8, 4) is 11.5 Å². The summed E-state index contributed by atoms with van der Waals surface area (Å²) in [6, 6.07) is 25.4. The number of amides is 1. The number of nitrogens with one attached hydrogen (secondary N) is 1. The standard InChI is InChI=1S/C26H21NO4/c1-18-4-12-22(13-5-18)31-23-14-6-19(7-15-23)17-24(28)20-8-10-21(11-9-20)27-26(29)25-3-2-16-30-25/h2-16H,17H2,1H3,(H,27,29). The van der Waals surface area contributed by atoms with Crippen LogP contribution in [0.1, 0.15) is 32.0 Å². The lowest BCUT2D eigenvalue weighted by Gasteiger charge is -2.08. The van der Waals surface area contributed by atoms with E-state index in [1.807, 2.05) is 55.5 Å². The van der Waals surface area contributed by atoms with E-state index in [1.54, 1.807) is 36.4 Å². The first-order valence-electron chi connectivity index (χ1n) is 9.88. The van der Waals surface area contributed by atoms with Gasteiger partial charge in [-0.25, -0.2) is 0 Å². The number of benzene rings is 3. The van der Waals surface area contributed by atoms with Crippen molar-refractivity contribution in [1.82, 2.24) is 0 Å². The highest BCUT2D eigenvalue weighted by Gasteiger charge is 2.11. The molecule has 0 saturated carbocycles. The number of anilines is 1. The van der Waals surface area contributed by atoms with E-state index in [0.29, 0.717) is 11.3 Å². The number of furan rings is 1. The molecule has 0 aliphatic rings. The summed E-state index contributed by atoms with van der Waals surface area (Å²) in [6.07, 6.45) is 1.72. The van der Waals surface area contributed by atoms with Crippen molar-refractivity contribution in [2.75, 3.05) is 5.32 Å². The van der Waals surface area contributed by atoms with Gasteiger partial charge in [0, 0.05) is 17.7 Å². The van der Waals surface area contributed by atoms with Crippen LogP contribution < -0.4 is 10.1 Å². The SMILES string of the molecule is Cc1ccc(Oc2ccc(CC(=O)c3ccc(NC(=O)c4ccco4)cc3)cc2)cc1. The van der Waals surface area contributed by atoms with Gasteiger partial charge < -0.3 is 14.5 Å². The van der Waals surface area contributed by atoms with Crippen LogP contribution in [-0.4, -0.2) is 11.7 Å². The maximum atomic E-state index is 12.6. The molecule has 0 aliphatic heterocycles. The van der Waals surface area contributed by atoms with Crippen LogP contribution in [0.25, 0.3) is 0 Å². The molecule has 5 nitrogen and oxygen atoms in total. The first kappa shape index (κ1) is 20.2. The summed E-state index contributed by atoms with van der Waals surface area (Å²) in [7, 11) is 0. The Morgan fingerprint density at radius 3 is 2.10 bits per heavy atom. The predicted octanol–water partition coefficient (Wildman–Crippen LogP) is 6.06. The molecule has 0 spiro atoms. The molecular weight excluding hydrogens is 390 g/mol. The lowest BCUT2D eigenvalue weighted by atomic mass is 10.0. The smallest absolute Gasteiger partial charge is 0.291 e. The zero-order chi connectivity index (χ0) is 21.6. The third-order valence-corrected chi connectivity index (χ3v) is 4.75. The van der Waals surface area contributed by atoms with Crippen LogP contribution in [0.5, 0.6) is 11.5 Å². The van der Waals surface area contributed by atoms with Gasteiger partial charge in [0.05, 0.1) is 6.26 Å². The van der Waals surface area contributed by atoms with Gasteiger partial charge in [-0.3, -0.25) is 9.59 Å². The van der Waals surface area contributed by atoms with Crippen LogP contribution in [-0.2, 0) is 6.42 Å². The van der Waals surface area contributed by atoms with E-state index in [2.05, 4.69) is 5.32 Å². The maximum absolute atomic E-state index is 12.6. The average molecular weight is 411 g/mol. The Hall–Kier alpha value is -4.12. The summed E-state index contributed by atoms with van der Waals surface area (Å²) in [4.78, 5) is 24.6. The summed E-state index contributed by atoms with van der Waals surface area (Å²) in [5.74, 6) is 1.38. The van der Waals surface area contributed by atoms with E-state index < -0.39 is 0 Å². The van der Waals surface area contributed by atoms with Crippen LogP contribution >= 0.6 is 0 Å². The van der Waals surface area contributed by atoms with E-state index in [0.717, 1.165) is 17.1 Å². The summed E-state index contributed by atoms with van der Waals surface area (Å²) in [6.45, 7) is 2.03. The number of ketones is 1. The molecule has 0 atom stereocenters. The quantitative estimate of drug-likeness (QED) is 0.376. The van der Waals surface area contributed by atoms with Gasteiger partial charge in [-0.1, -0.05) is 29.8 Å². The molecule has 3 aromatic carbocycles. The monoisotopic (exact) mass is 411 g/mol. The molecule has 0 bridgehead atoms. The van der Waals surface area contributed by atoms with Gasteiger partial charge in [0.15, 0.2) is 11.5 Å². The number of carbonyl (C=O) groups excluding carboxylic acids is 2. The Kier molecular flexibility index (Phi) is 5.94. The van der Waals surface area contributed by atoms with Crippen LogP contribution in [0.15, 0.2) is 95.6 Å². The molecule has 0 radical (unpaired) electrons. The first-order valence-corrected chi connectivity index (χ1v) is 9.88. The lowest BCUT2D eigenvalue weighted by Crippen LogP contribution is -2.11. The minimum Gasteiger partial charge on any atom is -0.459 e. The van der Waals surface area contributed by atoms with Gasteiger partial charge in [0.25, 0.3) is 5.91 Å². The fourth-order valence-electron chi connectivity index (χ4n) is 3.05. The van der Waals surface area contributed by atoms with E-state index in [-0.39, 0.29) is 23.9 Å². The average Bonchev–Trinajstić information content (AvgIpc) is 3.32. The number of aryl methyl sites for hydroxylation is 1. The molecule has 1 aromatic heterocycles. The molecule has 154 valence electrons. The Morgan fingerprint density at radius 2 is 1.48 bits per heavy atom. The molecule has 0 aliphatic carbocycles. The van der Waals surface area contributed by atoms with Gasteiger partial charge in [-0.15, -0.1) is 0 Å². The predicted molar refractivity (Wildman–Crippen MR) is 119 cm³/mol. The van der Waals surface area contributed by atoms with Crippen LogP contribution in [0.2, 0.25) is 0 Å². The molecular formula is C26H21NO4. The molecule has 0 fully saturated rings. The second kappa shape index (κ2) is 9.13. The van der Waals surface area contributed by atoms with Crippen molar-refractivity contribution in [2.24, 2.45) is 0 Å². The summed E-state index contributed by atoms with van der Waals surface area (Å²) in [5.41, 5.74) is 3.25. The molecule has 5 heteroatoms. The Balaban J connectivity index is 1.34. The van der Waals surface area contributed by atoms with Crippen molar-refractivity contribution >= 4 is 17.4 Å². The Labute approximate surface area is 180 Å². The second-order valence-corrected chi connectivity index (χ2v) is 7.17. The number of carbonyl (C=O) groups is 2. The van der Waals surface area contributed by atoms with Gasteiger partial charge >= 0.3 is 0 Å². The molecule has 1 heterocycles. The van der Waals surface area contributed by atoms with Gasteiger partial charge in [-0.05, 0) is 73.2 Å². The van der Waals surface area contributed by atoms with E-state index in [9.17, 15) is 9.59 Å². The molecule has 4 aromatic rings. The zero-order valence-corrected chi connectivity index (χ0v) is 17.0. The third-order valence-electron chi connectivity index (χ3n) is 4.75. The van der Waals surface area contributed by atoms with Crippen molar-refractivity contribution in [1.29, 1.82) is 0 Å². The Morgan fingerprint density at radius 1 is 0.839 bits per heavy atom. The third kappa shape index (κ3) is 5.28. The van der Waals surface area contributed by atoms with E-state index in [1.165, 1.54) is 11.8 Å². The van der Waals surface area contributed by atoms with E-state index in [4.69, 9.17) is 9.15 Å². The highest BCUT2D eigenvalue weighted by Crippen LogP contribution is 2.22. The fourth-order valence-corrected chi connectivity index (χ4v) is 3.05. The molecule has 0 unspecified atom stereocenters. The summed E-state index contributed by atoms with van der Waals surface area (Å²) < 4.78 is 10.9. The zero-order valence-electron chi connectivity index (χ0n) is 17.0. The molecule has 0 saturated heterocycles. The number of ether oxygens (including phenoxy) is 1. The second-order valence-electron chi connectivity index (χ2n) is 7.17. The van der Waals surface area contributed by atoms with Gasteiger partial charge in [-0.2, -0.15) is 0 Å². The highest BCUT2D eigenvalue weighted by molar-refractivity contribution is 6.03. The summed E-state index contributed by atoms with van der Waals surface area (Å²) >= 11 is 0. The lowest BCUT2D eigenvalue weighted by molar-refractivity contribution is 0.0988. The van der Waals surface area contributed by atoms with Crippen molar-refractivity contribution < 1.29 is 18.7 Å². The van der Waals surface area contributed by atoms with Crippen LogP contribution in [0.4, 0.5) is 5.69 Å². The van der Waals surface area contributed by atoms with Crippen molar-refractivity contribution in [3.63, 3.8) is 0 Å². The largest absolute Gasteiger partial charge is 0.459 e. The first-order chi connectivity index (χ1) is 15.1. The van der Waals surface area contributed by atoms with Crippen molar-refractivity contribution in [2.45, 2.75) is 13.3 Å². The van der Waals surface area contributed by atoms with Gasteiger partial charge in [0.1, 0.15) is 11.5 Å². The number of hydrogen-bond acceptors (Lipinski definition) is 4. The van der Waals surface area contributed by atoms with Gasteiger partial charge in [0.2, 0.25) is 0 Å². The highest BCUT2D eigenvalue weighted by atomic mass is 16.5. The normalized spacial score (nSPS) is 10.5. The number of hydrogen-bond donors (Lipinski definition) is 1. The Bertz CT molecular complexity index is 1160.